The van der Waals surface area contributed by atoms with E-state index in [-0.39, 0.29) is 12.6 Å². The van der Waals surface area contributed by atoms with Crippen LogP contribution in [0.1, 0.15) is 18.4 Å². The van der Waals surface area contributed by atoms with Gasteiger partial charge in [-0.15, -0.1) is 0 Å². The summed E-state index contributed by atoms with van der Waals surface area (Å²) in [5, 5.41) is 3.72. The lowest BCUT2D eigenvalue weighted by Gasteiger charge is -2.31. The molecule has 1 N–H and O–H groups in total. The van der Waals surface area contributed by atoms with Gasteiger partial charge < -0.3 is 9.47 Å². The van der Waals surface area contributed by atoms with Gasteiger partial charge in [-0.25, -0.2) is 17.8 Å². The maximum Gasteiger partial charge on any atom is 0.419 e. The largest absolute Gasteiger partial charge is 0.491 e. The number of hydrogen-bond donors (Lipinski definition) is 1. The molecular weight excluding hydrogens is 399 g/mol. The van der Waals surface area contributed by atoms with Crippen LogP contribution in [0.25, 0.3) is 5.69 Å². The minimum Gasteiger partial charge on any atom is -0.491 e. The Bertz CT molecular complexity index is 897. The number of hydrogen-bond acceptors (Lipinski definition) is 5. The van der Waals surface area contributed by atoms with Crippen LogP contribution in [0.4, 0.5) is 13.2 Å². The third kappa shape index (κ3) is 5.46. The molecule has 2 heterocycles. The van der Waals surface area contributed by atoms with Crippen molar-refractivity contribution in [2.24, 2.45) is 0 Å². The van der Waals surface area contributed by atoms with E-state index in [4.69, 9.17) is 9.47 Å². The van der Waals surface area contributed by atoms with E-state index in [1.165, 1.54) is 0 Å². The summed E-state index contributed by atoms with van der Waals surface area (Å²) in [7, 11) is -3.36. The molecule has 11 heteroatoms. The highest BCUT2D eigenvalue weighted by atomic mass is 32.2. The molecule has 7 nitrogen and oxygen atoms in total. The summed E-state index contributed by atoms with van der Waals surface area (Å²) < 4.78 is 75.9. The number of alkyl halides is 3. The van der Waals surface area contributed by atoms with Crippen molar-refractivity contribution in [2.45, 2.75) is 31.2 Å². The standard InChI is InChI=1S/C17H20F3N3O4S/c1-28(24,25)22-15-3-2-8-26-16(15)11-27-14-6-4-13(5-7-14)23-10-12(9-21-23)17(18,19)20/h4-7,9-10,15-16,22H,2-3,8,11H2,1H3. The van der Waals surface area contributed by atoms with Crippen molar-refractivity contribution in [3.05, 3.63) is 42.2 Å². The van der Waals surface area contributed by atoms with Crippen molar-refractivity contribution in [3.8, 4) is 11.4 Å². The molecular formula is C17H20F3N3O4S. The Hall–Kier alpha value is -2.11. The quantitative estimate of drug-likeness (QED) is 0.778. The number of benzene rings is 1. The fourth-order valence-corrected chi connectivity index (χ4v) is 3.72. The Morgan fingerprint density at radius 1 is 1.32 bits per heavy atom. The van der Waals surface area contributed by atoms with Gasteiger partial charge in [-0.2, -0.15) is 18.3 Å². The van der Waals surface area contributed by atoms with Crippen molar-refractivity contribution < 1.29 is 31.1 Å². The van der Waals surface area contributed by atoms with Crippen LogP contribution < -0.4 is 9.46 Å². The van der Waals surface area contributed by atoms with E-state index in [1.807, 2.05) is 0 Å². The van der Waals surface area contributed by atoms with Gasteiger partial charge >= 0.3 is 6.18 Å². The molecule has 2 atom stereocenters. The molecule has 154 valence electrons. The zero-order chi connectivity index (χ0) is 20.4. The lowest BCUT2D eigenvalue weighted by molar-refractivity contribution is -0.137. The average molecular weight is 419 g/mol. The lowest BCUT2D eigenvalue weighted by atomic mass is 10.0. The van der Waals surface area contributed by atoms with Gasteiger partial charge in [-0.05, 0) is 37.1 Å². The Labute approximate surface area is 160 Å². The van der Waals surface area contributed by atoms with E-state index in [2.05, 4.69) is 9.82 Å². The summed E-state index contributed by atoms with van der Waals surface area (Å²) in [5.41, 5.74) is -0.375. The normalized spacial score (nSPS) is 20.9. The molecule has 2 unspecified atom stereocenters. The fraction of sp³-hybridized carbons (Fsp3) is 0.471. The van der Waals surface area contributed by atoms with Gasteiger partial charge in [0.1, 0.15) is 18.5 Å². The number of nitrogens with one attached hydrogen (secondary N) is 1. The topological polar surface area (TPSA) is 82.5 Å². The summed E-state index contributed by atoms with van der Waals surface area (Å²) >= 11 is 0. The summed E-state index contributed by atoms with van der Waals surface area (Å²) in [4.78, 5) is 0. The first kappa shape index (κ1) is 20.6. The van der Waals surface area contributed by atoms with E-state index in [9.17, 15) is 21.6 Å². The molecule has 0 bridgehead atoms. The average Bonchev–Trinajstić information content (AvgIpc) is 3.11. The molecule has 1 aliphatic heterocycles. The van der Waals surface area contributed by atoms with E-state index in [1.54, 1.807) is 24.3 Å². The van der Waals surface area contributed by atoms with Crippen LogP contribution in [0.3, 0.4) is 0 Å². The molecule has 1 fully saturated rings. The summed E-state index contributed by atoms with van der Waals surface area (Å²) in [5.74, 6) is 0.485. The van der Waals surface area contributed by atoms with Gasteiger partial charge in [-0.1, -0.05) is 0 Å². The van der Waals surface area contributed by atoms with Crippen molar-refractivity contribution in [2.75, 3.05) is 19.5 Å². The van der Waals surface area contributed by atoms with Gasteiger partial charge in [0.05, 0.1) is 29.7 Å². The van der Waals surface area contributed by atoms with Crippen molar-refractivity contribution >= 4 is 10.0 Å². The number of sulfonamides is 1. The SMILES string of the molecule is CS(=O)(=O)NC1CCCOC1COc1ccc(-n2cc(C(F)(F)F)cn2)cc1. The van der Waals surface area contributed by atoms with Gasteiger partial charge in [0.15, 0.2) is 0 Å². The molecule has 0 radical (unpaired) electrons. The summed E-state index contributed by atoms with van der Waals surface area (Å²) in [6, 6.07) is 6.00. The zero-order valence-electron chi connectivity index (χ0n) is 15.0. The van der Waals surface area contributed by atoms with Crippen molar-refractivity contribution in [1.82, 2.24) is 14.5 Å². The van der Waals surface area contributed by atoms with Gasteiger partial charge in [0.2, 0.25) is 10.0 Å². The molecule has 0 saturated carbocycles. The highest BCUT2D eigenvalue weighted by Gasteiger charge is 2.32. The predicted molar refractivity (Wildman–Crippen MR) is 94.8 cm³/mol. The maximum absolute atomic E-state index is 12.7. The Morgan fingerprint density at radius 2 is 2.04 bits per heavy atom. The number of rotatable bonds is 6. The first-order chi connectivity index (χ1) is 13.1. The Balaban J connectivity index is 1.62. The van der Waals surface area contributed by atoms with Gasteiger partial charge in [-0.3, -0.25) is 0 Å². The van der Waals surface area contributed by atoms with Crippen LogP contribution in [0.5, 0.6) is 5.75 Å². The molecule has 0 spiro atoms. The molecule has 2 aromatic rings. The maximum atomic E-state index is 12.7. The smallest absolute Gasteiger partial charge is 0.419 e. The minimum atomic E-state index is -4.45. The monoisotopic (exact) mass is 419 g/mol. The van der Waals surface area contributed by atoms with E-state index < -0.39 is 27.9 Å². The highest BCUT2D eigenvalue weighted by molar-refractivity contribution is 7.88. The third-order valence-corrected chi connectivity index (χ3v) is 4.96. The van der Waals surface area contributed by atoms with Crippen LogP contribution in [-0.4, -0.2) is 49.8 Å². The first-order valence-corrected chi connectivity index (χ1v) is 10.4. The predicted octanol–water partition coefficient (Wildman–Crippen LogP) is 2.37. The first-order valence-electron chi connectivity index (χ1n) is 8.56. The highest BCUT2D eigenvalue weighted by Crippen LogP contribution is 2.29. The Morgan fingerprint density at radius 3 is 2.64 bits per heavy atom. The van der Waals surface area contributed by atoms with E-state index in [0.29, 0.717) is 24.5 Å². The second kappa shape index (κ2) is 8.10. The van der Waals surface area contributed by atoms with Crippen molar-refractivity contribution in [1.29, 1.82) is 0 Å². The second-order valence-electron chi connectivity index (χ2n) is 6.52. The number of halogens is 3. The minimum absolute atomic E-state index is 0.145. The lowest BCUT2D eigenvalue weighted by Crippen LogP contribution is -2.49. The third-order valence-electron chi connectivity index (χ3n) is 4.23. The number of nitrogens with zero attached hydrogens (tertiary/aromatic N) is 2. The van der Waals surface area contributed by atoms with E-state index >= 15 is 0 Å². The molecule has 3 rings (SSSR count). The molecule has 0 amide bonds. The molecule has 1 saturated heterocycles. The van der Waals surface area contributed by atoms with Gasteiger partial charge in [0, 0.05) is 12.8 Å². The van der Waals surface area contributed by atoms with Crippen LogP contribution in [-0.2, 0) is 20.9 Å². The van der Waals surface area contributed by atoms with Crippen LogP contribution in [0.15, 0.2) is 36.7 Å². The molecule has 1 aromatic heterocycles. The molecule has 1 aromatic carbocycles. The molecule has 1 aliphatic rings. The Kier molecular flexibility index (Phi) is 5.96. The number of aromatic nitrogens is 2. The molecule has 28 heavy (non-hydrogen) atoms. The van der Waals surface area contributed by atoms with Crippen LogP contribution in [0.2, 0.25) is 0 Å². The van der Waals surface area contributed by atoms with E-state index in [0.717, 1.165) is 29.8 Å². The summed E-state index contributed by atoms with van der Waals surface area (Å²) in [6.45, 7) is 0.669. The van der Waals surface area contributed by atoms with Gasteiger partial charge in [0.25, 0.3) is 0 Å². The number of ether oxygens (including phenoxy) is 2. The second-order valence-corrected chi connectivity index (χ2v) is 8.30. The van der Waals surface area contributed by atoms with Crippen molar-refractivity contribution in [3.63, 3.8) is 0 Å². The molecule has 0 aliphatic carbocycles. The van der Waals surface area contributed by atoms with Crippen LogP contribution >= 0.6 is 0 Å². The summed E-state index contributed by atoms with van der Waals surface area (Å²) in [6.07, 6.45) is -0.699. The fourth-order valence-electron chi connectivity index (χ4n) is 2.90. The zero-order valence-corrected chi connectivity index (χ0v) is 15.8. The van der Waals surface area contributed by atoms with Crippen LogP contribution in [0, 0.1) is 0 Å².